The Bertz CT molecular complexity index is 1420. The van der Waals surface area contributed by atoms with E-state index in [4.69, 9.17) is 16.3 Å². The summed E-state index contributed by atoms with van der Waals surface area (Å²) in [6, 6.07) is 12.8. The molecule has 3 unspecified atom stereocenters. The molecule has 4 rings (SSSR count). The van der Waals surface area contributed by atoms with Crippen LogP contribution in [-0.4, -0.2) is 70.0 Å². The number of carbonyl (C=O) groups is 3. The maximum absolute atomic E-state index is 14.5. The topological polar surface area (TPSA) is 121 Å². The molecule has 1 fully saturated rings. The molecule has 0 radical (unpaired) electrons. The number of halogens is 3. The van der Waals surface area contributed by atoms with Gasteiger partial charge in [-0.05, 0) is 60.7 Å². The molecule has 12 heteroatoms. The van der Waals surface area contributed by atoms with Gasteiger partial charge in [-0.3, -0.25) is 19.4 Å². The summed E-state index contributed by atoms with van der Waals surface area (Å²) in [7, 11) is 0. The number of nitrogens with one attached hydrogen (secondary N) is 2. The third kappa shape index (κ3) is 8.48. The molecule has 0 bridgehead atoms. The zero-order chi connectivity index (χ0) is 31.1. The molecule has 1 aliphatic heterocycles. The van der Waals surface area contributed by atoms with E-state index in [0.29, 0.717) is 26.8 Å². The molecule has 0 aliphatic carbocycles. The Kier molecular flexibility index (Phi) is 10.3. The molecular weight excluding hydrogens is 582 g/mol. The molecular formula is C31H33ClF2N4O5. The van der Waals surface area contributed by atoms with Gasteiger partial charge in [-0.15, -0.1) is 0 Å². The zero-order valence-electron chi connectivity index (χ0n) is 23.7. The van der Waals surface area contributed by atoms with E-state index in [1.54, 1.807) is 74.6 Å². The number of benzene rings is 2. The SMILES string of the molecule is Cc1cc(Cl)cc(C)c1OCC(=O)NC(Cc1ccccc1)C(O)C(=O)N1CC(F)(F)CC1C(=O)NCc1cccnc1. The average molecular weight is 615 g/mol. The molecule has 9 nitrogen and oxygen atoms in total. The molecule has 0 saturated carbocycles. The highest BCUT2D eigenvalue weighted by molar-refractivity contribution is 6.30. The number of nitrogens with zero attached hydrogens (tertiary/aromatic N) is 2. The summed E-state index contributed by atoms with van der Waals surface area (Å²) in [6.07, 6.45) is 0.271. The van der Waals surface area contributed by atoms with Crippen LogP contribution < -0.4 is 15.4 Å². The summed E-state index contributed by atoms with van der Waals surface area (Å²) in [5.74, 6) is -5.39. The highest BCUT2D eigenvalue weighted by atomic mass is 35.5. The van der Waals surface area contributed by atoms with Crippen molar-refractivity contribution in [3.05, 3.63) is 94.3 Å². The van der Waals surface area contributed by atoms with Gasteiger partial charge in [0.05, 0.1) is 12.6 Å². The average Bonchev–Trinajstić information content (AvgIpc) is 3.30. The minimum absolute atomic E-state index is 0.0145. The Morgan fingerprint density at radius 2 is 1.79 bits per heavy atom. The third-order valence-electron chi connectivity index (χ3n) is 7.10. The van der Waals surface area contributed by atoms with Gasteiger partial charge in [-0.25, -0.2) is 8.78 Å². The fraction of sp³-hybridized carbons (Fsp3) is 0.355. The minimum atomic E-state index is -3.34. The van der Waals surface area contributed by atoms with Crippen molar-refractivity contribution in [2.24, 2.45) is 0 Å². The van der Waals surface area contributed by atoms with Crippen molar-refractivity contribution in [3.63, 3.8) is 0 Å². The highest BCUT2D eigenvalue weighted by Crippen LogP contribution is 2.33. The van der Waals surface area contributed by atoms with Gasteiger partial charge in [0, 0.05) is 30.4 Å². The maximum atomic E-state index is 14.5. The van der Waals surface area contributed by atoms with Gasteiger partial charge in [-0.2, -0.15) is 0 Å². The van der Waals surface area contributed by atoms with Crippen LogP contribution in [0.3, 0.4) is 0 Å². The Balaban J connectivity index is 1.48. The highest BCUT2D eigenvalue weighted by Gasteiger charge is 2.51. The van der Waals surface area contributed by atoms with Gasteiger partial charge >= 0.3 is 0 Å². The lowest BCUT2D eigenvalue weighted by atomic mass is 9.99. The first kappa shape index (κ1) is 31.8. The van der Waals surface area contributed by atoms with Crippen molar-refractivity contribution < 1.29 is 33.0 Å². The molecule has 2 aromatic carbocycles. The predicted octanol–water partition coefficient (Wildman–Crippen LogP) is 3.37. The lowest BCUT2D eigenvalue weighted by Crippen LogP contribution is -2.56. The summed E-state index contributed by atoms with van der Waals surface area (Å²) >= 11 is 6.07. The van der Waals surface area contributed by atoms with Crippen molar-refractivity contribution in [2.75, 3.05) is 13.2 Å². The predicted molar refractivity (Wildman–Crippen MR) is 156 cm³/mol. The van der Waals surface area contributed by atoms with Crippen molar-refractivity contribution >= 4 is 29.3 Å². The van der Waals surface area contributed by atoms with Crippen LogP contribution in [0.2, 0.25) is 5.02 Å². The number of aliphatic hydroxyl groups is 1. The van der Waals surface area contributed by atoms with Crippen LogP contribution in [0, 0.1) is 13.8 Å². The van der Waals surface area contributed by atoms with Crippen LogP contribution in [0.5, 0.6) is 5.75 Å². The van der Waals surface area contributed by atoms with E-state index >= 15 is 0 Å². The van der Waals surface area contributed by atoms with Crippen LogP contribution in [0.25, 0.3) is 0 Å². The van der Waals surface area contributed by atoms with E-state index in [1.807, 2.05) is 0 Å². The van der Waals surface area contributed by atoms with Crippen LogP contribution in [0.15, 0.2) is 67.0 Å². The first-order valence-electron chi connectivity index (χ1n) is 13.7. The second kappa shape index (κ2) is 13.9. The molecule has 2 heterocycles. The molecule has 1 saturated heterocycles. The van der Waals surface area contributed by atoms with Crippen molar-refractivity contribution in [1.29, 1.82) is 0 Å². The Morgan fingerprint density at radius 1 is 1.12 bits per heavy atom. The first-order chi connectivity index (χ1) is 20.4. The number of rotatable bonds is 11. The summed E-state index contributed by atoms with van der Waals surface area (Å²) in [6.45, 7) is 2.11. The van der Waals surface area contributed by atoms with E-state index in [2.05, 4.69) is 15.6 Å². The van der Waals surface area contributed by atoms with Gasteiger partial charge in [0.1, 0.15) is 11.8 Å². The number of amides is 3. The molecule has 3 atom stereocenters. The summed E-state index contributed by atoms with van der Waals surface area (Å²) in [4.78, 5) is 44.0. The molecule has 3 aromatic rings. The molecule has 3 N–H and O–H groups in total. The number of alkyl halides is 2. The largest absolute Gasteiger partial charge is 0.483 e. The molecule has 3 amide bonds. The number of likely N-dealkylation sites (tertiary alicyclic amines) is 1. The van der Waals surface area contributed by atoms with Crippen molar-refractivity contribution in [2.45, 2.75) is 57.3 Å². The summed E-state index contributed by atoms with van der Waals surface area (Å²) in [5.41, 5.74) is 2.77. The fourth-order valence-corrected chi connectivity index (χ4v) is 5.38. The number of aryl methyl sites for hydroxylation is 2. The number of hydrogen-bond donors (Lipinski definition) is 3. The van der Waals surface area contributed by atoms with E-state index in [1.165, 1.54) is 6.20 Å². The van der Waals surface area contributed by atoms with Gasteiger partial charge in [-0.1, -0.05) is 48.0 Å². The molecule has 228 valence electrons. The molecule has 1 aliphatic rings. The minimum Gasteiger partial charge on any atom is -0.483 e. The normalized spacial score (nSPS) is 17.2. The van der Waals surface area contributed by atoms with Crippen molar-refractivity contribution in [1.82, 2.24) is 20.5 Å². The third-order valence-corrected chi connectivity index (χ3v) is 7.32. The Morgan fingerprint density at radius 3 is 2.44 bits per heavy atom. The van der Waals surface area contributed by atoms with Crippen LogP contribution in [0.4, 0.5) is 8.78 Å². The quantitative estimate of drug-likeness (QED) is 0.305. The number of hydrogen-bond acceptors (Lipinski definition) is 6. The number of aliphatic hydroxyl groups excluding tert-OH is 1. The molecule has 1 aromatic heterocycles. The Hall–Kier alpha value is -4.09. The summed E-state index contributed by atoms with van der Waals surface area (Å²) < 4.78 is 34.8. The second-order valence-corrected chi connectivity index (χ2v) is 11.0. The lowest BCUT2D eigenvalue weighted by molar-refractivity contribution is -0.147. The first-order valence-corrected chi connectivity index (χ1v) is 14.1. The van der Waals surface area contributed by atoms with Crippen LogP contribution in [-0.2, 0) is 27.3 Å². The van der Waals surface area contributed by atoms with Gasteiger partial charge < -0.3 is 25.4 Å². The van der Waals surface area contributed by atoms with E-state index in [0.717, 1.165) is 11.1 Å². The standard InChI is InChI=1S/C31H33ClF2N4O5/c1-19-11-23(32)12-20(2)28(19)43-17-26(39)37-24(13-21-7-4-3-5-8-21)27(40)30(42)38-18-31(33,34)14-25(38)29(41)36-16-22-9-6-10-35-15-22/h3-12,15,24-25,27,40H,13-14,16-18H2,1-2H3,(H,36,41)(H,37,39). The monoisotopic (exact) mass is 614 g/mol. The maximum Gasteiger partial charge on any atom is 0.267 e. The summed E-state index contributed by atoms with van der Waals surface area (Å²) in [5, 5.41) is 16.9. The van der Waals surface area contributed by atoms with Gasteiger partial charge in [0.2, 0.25) is 5.91 Å². The van der Waals surface area contributed by atoms with E-state index in [-0.39, 0.29) is 13.0 Å². The van der Waals surface area contributed by atoms with Crippen LogP contribution in [0.1, 0.15) is 28.7 Å². The van der Waals surface area contributed by atoms with Crippen LogP contribution >= 0.6 is 11.6 Å². The van der Waals surface area contributed by atoms with E-state index in [9.17, 15) is 28.3 Å². The number of pyridine rings is 1. The lowest BCUT2D eigenvalue weighted by Gasteiger charge is -2.30. The number of aromatic nitrogens is 1. The van der Waals surface area contributed by atoms with Gasteiger partial charge in [0.25, 0.3) is 17.7 Å². The second-order valence-electron chi connectivity index (χ2n) is 10.6. The van der Waals surface area contributed by atoms with E-state index < -0.39 is 61.4 Å². The van der Waals surface area contributed by atoms with Crippen molar-refractivity contribution in [3.8, 4) is 5.75 Å². The Labute approximate surface area is 253 Å². The molecule has 0 spiro atoms. The number of ether oxygens (including phenoxy) is 1. The molecule has 43 heavy (non-hydrogen) atoms. The smallest absolute Gasteiger partial charge is 0.267 e. The van der Waals surface area contributed by atoms with Gasteiger partial charge in [0.15, 0.2) is 12.7 Å². The zero-order valence-corrected chi connectivity index (χ0v) is 24.5. The fourth-order valence-electron chi connectivity index (χ4n) is 5.06. The number of carbonyl (C=O) groups excluding carboxylic acids is 3.